The molecule has 2 unspecified atom stereocenters. The maximum absolute atomic E-state index is 14.7. The molecule has 0 bridgehead atoms. The summed E-state index contributed by atoms with van der Waals surface area (Å²) in [6, 6.07) is 9.44. The van der Waals surface area contributed by atoms with E-state index in [2.05, 4.69) is 20.2 Å². The molecule has 9 heteroatoms. The molecule has 1 saturated carbocycles. The van der Waals surface area contributed by atoms with E-state index in [0.29, 0.717) is 36.7 Å². The third kappa shape index (κ3) is 4.77. The van der Waals surface area contributed by atoms with Crippen LogP contribution in [0.3, 0.4) is 0 Å². The number of hydrogen-bond acceptors (Lipinski definition) is 6. The highest BCUT2D eigenvalue weighted by atomic mass is 19.1. The number of carbonyl (C=O) groups is 1. The molecule has 2 fully saturated rings. The van der Waals surface area contributed by atoms with E-state index in [1.165, 1.54) is 0 Å². The number of amides is 1. The van der Waals surface area contributed by atoms with Gasteiger partial charge in [0, 0.05) is 44.7 Å². The van der Waals surface area contributed by atoms with Crippen molar-refractivity contribution >= 4 is 22.5 Å². The Bertz CT molecular complexity index is 1300. The van der Waals surface area contributed by atoms with E-state index in [1.807, 2.05) is 36.9 Å². The van der Waals surface area contributed by atoms with E-state index in [4.69, 9.17) is 4.98 Å². The number of halogens is 1. The molecular formula is C26H31FN6O2. The molecule has 1 amide bonds. The third-order valence-corrected chi connectivity index (χ3v) is 7.24. The van der Waals surface area contributed by atoms with Gasteiger partial charge in [-0.1, -0.05) is 11.6 Å². The van der Waals surface area contributed by atoms with E-state index < -0.39 is 5.95 Å². The number of pyridine rings is 1. The second-order valence-electron chi connectivity index (χ2n) is 9.52. The lowest BCUT2D eigenvalue weighted by atomic mass is 10.1. The first kappa shape index (κ1) is 23.4. The Morgan fingerprint density at radius 1 is 1.14 bits per heavy atom. The molecule has 8 nitrogen and oxygen atoms in total. The van der Waals surface area contributed by atoms with Gasteiger partial charge < -0.3 is 15.2 Å². The number of aromatic nitrogens is 3. The second-order valence-corrected chi connectivity index (χ2v) is 9.52. The van der Waals surface area contributed by atoms with Crippen LogP contribution >= 0.6 is 0 Å². The van der Waals surface area contributed by atoms with Crippen LogP contribution in [0.5, 0.6) is 0 Å². The van der Waals surface area contributed by atoms with Crippen molar-refractivity contribution in [3.8, 4) is 0 Å². The number of aryl methyl sites for hydroxylation is 1. The van der Waals surface area contributed by atoms with Crippen molar-refractivity contribution in [2.24, 2.45) is 0 Å². The van der Waals surface area contributed by atoms with E-state index in [9.17, 15) is 14.0 Å². The lowest BCUT2D eigenvalue weighted by molar-refractivity contribution is 0.0949. The van der Waals surface area contributed by atoms with Crippen LogP contribution in [0.25, 0.3) is 10.9 Å². The molecule has 3 aromatic rings. The number of H-pyrrole nitrogens is 1. The normalized spacial score (nSPS) is 20.9. The molecule has 2 N–H and O–H groups in total. The van der Waals surface area contributed by atoms with Crippen molar-refractivity contribution in [1.29, 1.82) is 0 Å². The number of piperazine rings is 1. The summed E-state index contributed by atoms with van der Waals surface area (Å²) in [5, 5.41) is 3.28. The van der Waals surface area contributed by atoms with Crippen molar-refractivity contribution in [3.63, 3.8) is 0 Å². The zero-order valence-corrected chi connectivity index (χ0v) is 20.2. The van der Waals surface area contributed by atoms with E-state index in [0.717, 1.165) is 49.3 Å². The summed E-state index contributed by atoms with van der Waals surface area (Å²) in [4.78, 5) is 40.7. The quantitative estimate of drug-likeness (QED) is 0.548. The minimum atomic E-state index is -0.607. The van der Waals surface area contributed by atoms with Gasteiger partial charge in [-0.2, -0.15) is 4.39 Å². The van der Waals surface area contributed by atoms with Gasteiger partial charge in [-0.25, -0.2) is 9.97 Å². The van der Waals surface area contributed by atoms with Crippen molar-refractivity contribution in [2.75, 3.05) is 37.6 Å². The summed E-state index contributed by atoms with van der Waals surface area (Å²) in [6.07, 6.45) is 3.00. The Balaban J connectivity index is 1.21. The average Bonchev–Trinajstić information content (AvgIpc) is 3.35. The van der Waals surface area contributed by atoms with Crippen molar-refractivity contribution in [1.82, 2.24) is 25.2 Å². The largest absolute Gasteiger partial charge is 0.365 e. The number of rotatable bonds is 5. The highest BCUT2D eigenvalue weighted by Crippen LogP contribution is 2.36. The summed E-state index contributed by atoms with van der Waals surface area (Å²) in [6.45, 7) is 7.31. The molecule has 184 valence electrons. The van der Waals surface area contributed by atoms with Crippen molar-refractivity contribution in [3.05, 3.63) is 63.7 Å². The lowest BCUT2D eigenvalue weighted by Crippen LogP contribution is -2.50. The number of nitrogens with one attached hydrogen (secondary N) is 2. The molecule has 1 aliphatic heterocycles. The standard InChI is InChI=1S/C26H31FN6O2/c1-3-28-26(35)21-8-9-22(23(27)29-21)33-12-10-32(11-13-33)18-6-5-17(15-18)24-30-20-7-4-16(2)14-19(20)25(34)31-24/h4,7-9,14,17-18H,3,5-6,10-13,15H2,1-2H3,(H,28,35)(H,30,31,34). The minimum absolute atomic E-state index is 0.0698. The first-order valence-corrected chi connectivity index (χ1v) is 12.4. The number of hydrogen-bond donors (Lipinski definition) is 2. The lowest BCUT2D eigenvalue weighted by Gasteiger charge is -2.39. The van der Waals surface area contributed by atoms with Crippen LogP contribution in [-0.4, -0.2) is 64.5 Å². The molecular weight excluding hydrogens is 447 g/mol. The van der Waals surface area contributed by atoms with Crippen molar-refractivity contribution < 1.29 is 9.18 Å². The monoisotopic (exact) mass is 478 g/mol. The molecule has 3 heterocycles. The Morgan fingerprint density at radius 2 is 1.94 bits per heavy atom. The topological polar surface area (TPSA) is 94.2 Å². The fraction of sp³-hybridized carbons (Fsp3) is 0.462. The number of anilines is 1. The summed E-state index contributed by atoms with van der Waals surface area (Å²) in [5.41, 5.74) is 2.26. The predicted octanol–water partition coefficient (Wildman–Crippen LogP) is 2.97. The van der Waals surface area contributed by atoms with Gasteiger partial charge in [-0.05, 0) is 57.4 Å². The maximum Gasteiger partial charge on any atom is 0.269 e. The Kier molecular flexibility index (Phi) is 6.51. The van der Waals surface area contributed by atoms with E-state index in [1.54, 1.807) is 12.1 Å². The zero-order chi connectivity index (χ0) is 24.5. The molecule has 2 atom stereocenters. The molecule has 2 aliphatic rings. The highest BCUT2D eigenvalue weighted by Gasteiger charge is 2.33. The van der Waals surface area contributed by atoms with Crippen LogP contribution < -0.4 is 15.8 Å². The van der Waals surface area contributed by atoms with Crippen LogP contribution in [0.2, 0.25) is 0 Å². The number of aromatic amines is 1. The van der Waals surface area contributed by atoms with Crippen LogP contribution in [0.15, 0.2) is 35.1 Å². The molecule has 35 heavy (non-hydrogen) atoms. The summed E-state index contributed by atoms with van der Waals surface area (Å²) in [7, 11) is 0. The molecule has 2 aromatic heterocycles. The molecule has 1 saturated heterocycles. The van der Waals surface area contributed by atoms with Gasteiger partial charge in [0.05, 0.1) is 16.6 Å². The van der Waals surface area contributed by atoms with Crippen molar-refractivity contribution in [2.45, 2.75) is 45.1 Å². The summed E-state index contributed by atoms with van der Waals surface area (Å²) >= 11 is 0. The first-order chi connectivity index (χ1) is 16.9. The van der Waals surface area contributed by atoms with Gasteiger partial charge in [0.2, 0.25) is 5.95 Å². The fourth-order valence-electron chi connectivity index (χ4n) is 5.37. The maximum atomic E-state index is 14.7. The van der Waals surface area contributed by atoms with Crippen LogP contribution in [0.1, 0.15) is 54.0 Å². The minimum Gasteiger partial charge on any atom is -0.365 e. The predicted molar refractivity (Wildman–Crippen MR) is 133 cm³/mol. The van der Waals surface area contributed by atoms with Gasteiger partial charge in [-0.15, -0.1) is 0 Å². The van der Waals surface area contributed by atoms with Crippen LogP contribution in [0, 0.1) is 12.9 Å². The number of benzene rings is 1. The number of carbonyl (C=O) groups excluding carboxylic acids is 1. The Labute approximate surface area is 203 Å². The van der Waals surface area contributed by atoms with E-state index >= 15 is 0 Å². The number of nitrogens with zero attached hydrogens (tertiary/aromatic N) is 4. The van der Waals surface area contributed by atoms with Gasteiger partial charge in [0.25, 0.3) is 11.5 Å². The Hall–Kier alpha value is -3.33. The van der Waals surface area contributed by atoms with E-state index in [-0.39, 0.29) is 23.1 Å². The van der Waals surface area contributed by atoms with Crippen LogP contribution in [0.4, 0.5) is 10.1 Å². The molecule has 0 spiro atoms. The highest BCUT2D eigenvalue weighted by molar-refractivity contribution is 5.92. The second kappa shape index (κ2) is 9.73. The van der Waals surface area contributed by atoms with Gasteiger partial charge in [0.1, 0.15) is 11.5 Å². The van der Waals surface area contributed by atoms with Gasteiger partial charge >= 0.3 is 0 Å². The molecule has 5 rings (SSSR count). The summed E-state index contributed by atoms with van der Waals surface area (Å²) < 4.78 is 14.7. The van der Waals surface area contributed by atoms with Gasteiger partial charge in [0.15, 0.2) is 0 Å². The molecule has 1 aliphatic carbocycles. The zero-order valence-electron chi connectivity index (χ0n) is 20.2. The average molecular weight is 479 g/mol. The smallest absolute Gasteiger partial charge is 0.269 e. The molecule has 1 aromatic carbocycles. The SMILES string of the molecule is CCNC(=O)c1ccc(N2CCN(C3CCC(c4nc5ccc(C)cc5c(=O)[nH]4)C3)CC2)c(F)n1. The van der Waals surface area contributed by atoms with Crippen LogP contribution in [-0.2, 0) is 0 Å². The first-order valence-electron chi connectivity index (χ1n) is 12.4. The number of fused-ring (bicyclic) bond motifs is 1. The Morgan fingerprint density at radius 3 is 2.69 bits per heavy atom. The van der Waals surface area contributed by atoms with Gasteiger partial charge in [-0.3, -0.25) is 14.5 Å². The summed E-state index contributed by atoms with van der Waals surface area (Å²) in [5.74, 6) is 0.0494. The fourth-order valence-corrected chi connectivity index (χ4v) is 5.37. The molecule has 0 radical (unpaired) electrons. The third-order valence-electron chi connectivity index (χ3n) is 7.24.